The van der Waals surface area contributed by atoms with E-state index in [0.717, 1.165) is 38.7 Å². The number of benzene rings is 4. The number of nitrogens with one attached hydrogen (secondary N) is 5. The number of rotatable bonds is 19. The molecular weight excluding hydrogens is 713 g/mol. The monoisotopic (exact) mass is 760 g/mol. The van der Waals surface area contributed by atoms with Gasteiger partial charge < -0.3 is 37.7 Å². The Balaban J connectivity index is 1.26. The predicted octanol–water partition coefficient (Wildman–Crippen LogP) is 3.42. The standard InChI is InChI=1S/C42H48N8O4S/c43-42(44)46-22-9-16-35(49-41(54)37(27-55)48-38(51)24-29-17-19-31(20-18-29)30-12-5-2-6-13-30)40(53)50-36(25-32-26-47-34-15-8-7-14-33(32)34)39(52)45-23-21-28-10-3-1-4-11-28/h1-8,10-15,17-20,26,35-37,47,55H,9,16,21-25,27H2,(H,45,52)(H,48,51)(H,49,54)(H,50,53)(H4,43,44,46)/t35-,36-,37-/m0/s1. The number of para-hydroxylation sites is 1. The fourth-order valence-corrected chi connectivity index (χ4v) is 6.47. The lowest BCUT2D eigenvalue weighted by Gasteiger charge is -2.25. The van der Waals surface area contributed by atoms with Crippen molar-refractivity contribution < 1.29 is 19.2 Å². The molecule has 0 bridgehead atoms. The fourth-order valence-electron chi connectivity index (χ4n) is 6.22. The number of carbonyl (C=O) groups is 4. The van der Waals surface area contributed by atoms with Gasteiger partial charge in [0.1, 0.15) is 18.1 Å². The van der Waals surface area contributed by atoms with E-state index in [1.54, 1.807) is 0 Å². The van der Waals surface area contributed by atoms with Gasteiger partial charge in [0.25, 0.3) is 0 Å². The molecule has 3 atom stereocenters. The Labute approximate surface area is 326 Å². The van der Waals surface area contributed by atoms with Crippen molar-refractivity contribution in [2.24, 2.45) is 16.5 Å². The second-order valence-electron chi connectivity index (χ2n) is 13.2. The molecule has 0 saturated carbocycles. The van der Waals surface area contributed by atoms with Crippen molar-refractivity contribution in [2.45, 2.75) is 50.2 Å². The molecular formula is C42H48N8O4S. The second kappa shape index (κ2) is 20.4. The molecule has 0 aliphatic rings. The van der Waals surface area contributed by atoms with E-state index in [1.807, 2.05) is 115 Å². The molecule has 4 aromatic carbocycles. The normalized spacial score (nSPS) is 12.5. The van der Waals surface area contributed by atoms with Gasteiger partial charge in [0.15, 0.2) is 5.96 Å². The van der Waals surface area contributed by atoms with Crippen LogP contribution < -0.4 is 32.7 Å². The third-order valence-electron chi connectivity index (χ3n) is 9.13. The van der Waals surface area contributed by atoms with Crippen LogP contribution in [0.25, 0.3) is 22.0 Å². The van der Waals surface area contributed by atoms with Gasteiger partial charge in [0.05, 0.1) is 6.42 Å². The molecule has 13 heteroatoms. The molecule has 5 aromatic rings. The molecule has 0 radical (unpaired) electrons. The number of hydrogen-bond donors (Lipinski definition) is 8. The number of nitrogens with zero attached hydrogens (tertiary/aromatic N) is 1. The number of fused-ring (bicyclic) bond motifs is 1. The van der Waals surface area contributed by atoms with Crippen LogP contribution in [0.3, 0.4) is 0 Å². The topological polar surface area (TPSA) is 197 Å². The molecule has 0 fully saturated rings. The van der Waals surface area contributed by atoms with E-state index in [9.17, 15) is 19.2 Å². The molecule has 55 heavy (non-hydrogen) atoms. The van der Waals surface area contributed by atoms with Gasteiger partial charge in [-0.25, -0.2) is 0 Å². The van der Waals surface area contributed by atoms with Crippen LogP contribution in [0.4, 0.5) is 0 Å². The van der Waals surface area contributed by atoms with Gasteiger partial charge >= 0.3 is 0 Å². The van der Waals surface area contributed by atoms with Crippen LogP contribution in [0.2, 0.25) is 0 Å². The second-order valence-corrected chi connectivity index (χ2v) is 13.6. The highest BCUT2D eigenvalue weighted by molar-refractivity contribution is 7.80. The van der Waals surface area contributed by atoms with Crippen LogP contribution in [-0.2, 0) is 38.4 Å². The van der Waals surface area contributed by atoms with Gasteiger partial charge in [-0.3, -0.25) is 24.2 Å². The van der Waals surface area contributed by atoms with E-state index in [4.69, 9.17) is 11.5 Å². The number of H-pyrrole nitrogens is 1. The van der Waals surface area contributed by atoms with Crippen LogP contribution in [0.5, 0.6) is 0 Å². The highest BCUT2D eigenvalue weighted by Gasteiger charge is 2.30. The first-order chi connectivity index (χ1) is 26.7. The third-order valence-corrected chi connectivity index (χ3v) is 9.49. The number of hydrogen-bond acceptors (Lipinski definition) is 6. The average molecular weight is 761 g/mol. The molecule has 5 rings (SSSR count). The van der Waals surface area contributed by atoms with Crippen molar-refractivity contribution in [3.63, 3.8) is 0 Å². The number of nitrogens with two attached hydrogens (primary N) is 2. The third kappa shape index (κ3) is 12.2. The highest BCUT2D eigenvalue weighted by atomic mass is 32.1. The summed E-state index contributed by atoms with van der Waals surface area (Å²) in [6.07, 6.45) is 3.19. The van der Waals surface area contributed by atoms with Crippen molar-refractivity contribution in [1.29, 1.82) is 0 Å². The number of aromatic amines is 1. The average Bonchev–Trinajstić information content (AvgIpc) is 3.61. The Bertz CT molecular complexity index is 2050. The van der Waals surface area contributed by atoms with Crippen molar-refractivity contribution >= 4 is 53.1 Å². The van der Waals surface area contributed by atoms with Gasteiger partial charge in [0.2, 0.25) is 23.6 Å². The molecule has 9 N–H and O–H groups in total. The van der Waals surface area contributed by atoms with Gasteiger partial charge in [-0.15, -0.1) is 0 Å². The van der Waals surface area contributed by atoms with Gasteiger partial charge in [-0.05, 0) is 53.1 Å². The quantitative estimate of drug-likeness (QED) is 0.0275. The van der Waals surface area contributed by atoms with E-state index in [-0.39, 0.29) is 49.3 Å². The first-order valence-corrected chi connectivity index (χ1v) is 18.9. The van der Waals surface area contributed by atoms with Gasteiger partial charge in [-0.1, -0.05) is 103 Å². The summed E-state index contributed by atoms with van der Waals surface area (Å²) in [6.45, 7) is 0.582. The number of carbonyl (C=O) groups excluding carboxylic acids is 4. The molecule has 1 aromatic heterocycles. The summed E-state index contributed by atoms with van der Waals surface area (Å²) >= 11 is 4.33. The summed E-state index contributed by atoms with van der Waals surface area (Å²) in [5.74, 6) is -2.00. The Morgan fingerprint density at radius 1 is 0.691 bits per heavy atom. The molecule has 0 aliphatic heterocycles. The Kier molecular flexibility index (Phi) is 14.9. The van der Waals surface area contributed by atoms with Gasteiger partial charge in [0, 0.05) is 42.4 Å². The van der Waals surface area contributed by atoms with Crippen LogP contribution in [0, 0.1) is 0 Å². The van der Waals surface area contributed by atoms with E-state index >= 15 is 0 Å². The first kappa shape index (κ1) is 40.1. The molecule has 4 amide bonds. The van der Waals surface area contributed by atoms with E-state index < -0.39 is 29.9 Å². The lowest BCUT2D eigenvalue weighted by Crippen LogP contribution is -2.57. The van der Waals surface area contributed by atoms with Crippen LogP contribution in [-0.4, -0.2) is 71.5 Å². The fraction of sp³-hybridized carbons (Fsp3) is 0.262. The molecule has 0 unspecified atom stereocenters. The maximum absolute atomic E-state index is 14.0. The molecule has 0 saturated heterocycles. The van der Waals surface area contributed by atoms with E-state index in [2.05, 4.69) is 43.9 Å². The molecule has 0 spiro atoms. The molecule has 12 nitrogen and oxygen atoms in total. The number of amides is 4. The Morgan fingerprint density at radius 3 is 2.04 bits per heavy atom. The summed E-state index contributed by atoms with van der Waals surface area (Å²) < 4.78 is 0. The zero-order valence-electron chi connectivity index (χ0n) is 30.5. The van der Waals surface area contributed by atoms with Crippen molar-refractivity contribution in [2.75, 3.05) is 18.8 Å². The Morgan fingerprint density at radius 2 is 1.33 bits per heavy atom. The van der Waals surface area contributed by atoms with Crippen LogP contribution in [0.15, 0.2) is 120 Å². The lowest BCUT2D eigenvalue weighted by molar-refractivity contribution is -0.133. The number of guanidine groups is 1. The van der Waals surface area contributed by atoms with E-state index in [0.29, 0.717) is 19.4 Å². The molecule has 1 heterocycles. The highest BCUT2D eigenvalue weighted by Crippen LogP contribution is 2.21. The van der Waals surface area contributed by atoms with Crippen LogP contribution >= 0.6 is 12.6 Å². The van der Waals surface area contributed by atoms with E-state index in [1.165, 1.54) is 0 Å². The molecule has 286 valence electrons. The minimum Gasteiger partial charge on any atom is -0.370 e. The maximum atomic E-state index is 14.0. The number of thiol groups is 1. The van der Waals surface area contributed by atoms with Crippen molar-refractivity contribution in [3.8, 4) is 11.1 Å². The Hall–Kier alpha value is -6.08. The lowest BCUT2D eigenvalue weighted by atomic mass is 10.0. The summed E-state index contributed by atoms with van der Waals surface area (Å²) in [5.41, 5.74) is 16.7. The minimum absolute atomic E-state index is 0.0140. The SMILES string of the molecule is NC(N)=NCCC[C@H](NC(=O)[C@H](CS)NC(=O)Cc1ccc(-c2ccccc2)cc1)C(=O)N[C@@H](Cc1c[nH]c2ccccc12)C(=O)NCCc1ccccc1. The van der Waals surface area contributed by atoms with Crippen LogP contribution in [0.1, 0.15) is 29.5 Å². The minimum atomic E-state index is -1.07. The largest absolute Gasteiger partial charge is 0.370 e. The summed E-state index contributed by atoms with van der Waals surface area (Å²) in [7, 11) is 0. The van der Waals surface area contributed by atoms with Crippen molar-refractivity contribution in [1.82, 2.24) is 26.3 Å². The van der Waals surface area contributed by atoms with Gasteiger partial charge in [-0.2, -0.15) is 12.6 Å². The maximum Gasteiger partial charge on any atom is 0.244 e. The smallest absolute Gasteiger partial charge is 0.244 e. The zero-order chi connectivity index (χ0) is 39.0. The number of aromatic nitrogens is 1. The summed E-state index contributed by atoms with van der Waals surface area (Å²) in [5, 5.41) is 12.3. The van der Waals surface area contributed by atoms with Crippen molar-refractivity contribution in [3.05, 3.63) is 132 Å². The summed E-state index contributed by atoms with van der Waals surface area (Å²) in [6, 6.07) is 32.0. The zero-order valence-corrected chi connectivity index (χ0v) is 31.4. The number of aliphatic imine (C=N–C) groups is 1. The predicted molar refractivity (Wildman–Crippen MR) is 220 cm³/mol. The summed E-state index contributed by atoms with van der Waals surface area (Å²) in [4.78, 5) is 61.6. The molecule has 0 aliphatic carbocycles. The first-order valence-electron chi connectivity index (χ1n) is 18.3.